The van der Waals surface area contributed by atoms with Crippen molar-refractivity contribution in [2.45, 2.75) is 13.0 Å². The lowest BCUT2D eigenvalue weighted by atomic mass is 10.2. The average Bonchev–Trinajstić information content (AvgIpc) is 2.46. The number of hydrogen-bond acceptors (Lipinski definition) is 3. The van der Waals surface area contributed by atoms with Gasteiger partial charge in [0.1, 0.15) is 0 Å². The molecule has 1 atom stereocenters. The fourth-order valence-corrected chi connectivity index (χ4v) is 1.77. The molecule has 5 heteroatoms. The Hall–Kier alpha value is -2.87. The average molecular weight is 268 g/mol. The van der Waals surface area contributed by atoms with E-state index in [0.717, 1.165) is 0 Å². The first-order valence-electron chi connectivity index (χ1n) is 6.11. The van der Waals surface area contributed by atoms with Gasteiger partial charge in [0.2, 0.25) is 12.2 Å². The molecule has 1 aromatic carbocycles. The maximum Gasteiger partial charge on any atom is 0.293 e. The van der Waals surface area contributed by atoms with Crippen LogP contribution in [0.15, 0.2) is 48.8 Å². The van der Waals surface area contributed by atoms with Crippen LogP contribution in [0.2, 0.25) is 0 Å². The number of carbonyl (C=O) groups is 1. The SMILES string of the molecule is C[C@H](C(=O)Nc1cccc(C#N)c1)[n+]1cccc(O)c1. The fraction of sp³-hybridized carbons (Fsp3) is 0.133. The van der Waals surface area contributed by atoms with Crippen molar-refractivity contribution >= 4 is 11.6 Å². The van der Waals surface area contributed by atoms with Crippen LogP contribution in [0, 0.1) is 11.3 Å². The van der Waals surface area contributed by atoms with E-state index < -0.39 is 6.04 Å². The Balaban J connectivity index is 2.13. The molecule has 2 N–H and O–H groups in total. The Kier molecular flexibility index (Phi) is 3.96. The van der Waals surface area contributed by atoms with E-state index in [4.69, 9.17) is 5.26 Å². The van der Waals surface area contributed by atoms with Gasteiger partial charge in [-0.2, -0.15) is 9.83 Å². The summed E-state index contributed by atoms with van der Waals surface area (Å²) in [5, 5.41) is 21.0. The molecule has 0 fully saturated rings. The molecule has 0 saturated carbocycles. The van der Waals surface area contributed by atoms with Crippen LogP contribution in [0.4, 0.5) is 5.69 Å². The summed E-state index contributed by atoms with van der Waals surface area (Å²) in [5.41, 5.74) is 1.06. The number of benzene rings is 1. The van der Waals surface area contributed by atoms with E-state index in [1.54, 1.807) is 48.0 Å². The summed E-state index contributed by atoms with van der Waals surface area (Å²) in [5.74, 6) is -0.130. The van der Waals surface area contributed by atoms with Gasteiger partial charge < -0.3 is 10.4 Å². The molecule has 0 saturated heterocycles. The maximum atomic E-state index is 12.1. The summed E-state index contributed by atoms with van der Waals surface area (Å²) in [7, 11) is 0. The van der Waals surface area contributed by atoms with E-state index >= 15 is 0 Å². The lowest BCUT2D eigenvalue weighted by Gasteiger charge is -2.09. The number of carbonyl (C=O) groups excluding carboxylic acids is 1. The minimum atomic E-state index is -0.479. The molecule has 0 aliphatic heterocycles. The molecule has 0 aliphatic rings. The van der Waals surface area contributed by atoms with E-state index in [9.17, 15) is 9.90 Å². The Morgan fingerprint density at radius 3 is 2.90 bits per heavy atom. The Bertz CT molecular complexity index is 677. The van der Waals surface area contributed by atoms with E-state index in [2.05, 4.69) is 5.32 Å². The highest BCUT2D eigenvalue weighted by Gasteiger charge is 2.22. The van der Waals surface area contributed by atoms with Gasteiger partial charge in [0.05, 0.1) is 11.6 Å². The zero-order valence-electron chi connectivity index (χ0n) is 10.9. The molecule has 5 nitrogen and oxygen atoms in total. The normalized spacial score (nSPS) is 11.4. The molecular weight excluding hydrogens is 254 g/mol. The fourth-order valence-electron chi connectivity index (χ4n) is 1.77. The van der Waals surface area contributed by atoms with E-state index in [-0.39, 0.29) is 11.7 Å². The molecule has 1 amide bonds. The smallest absolute Gasteiger partial charge is 0.293 e. The molecule has 1 heterocycles. The van der Waals surface area contributed by atoms with Gasteiger partial charge in [-0.15, -0.1) is 0 Å². The number of nitrogens with one attached hydrogen (secondary N) is 1. The molecule has 2 rings (SSSR count). The van der Waals surface area contributed by atoms with Crippen molar-refractivity contribution in [2.75, 3.05) is 5.32 Å². The van der Waals surface area contributed by atoms with Gasteiger partial charge in [0.15, 0.2) is 11.9 Å². The van der Waals surface area contributed by atoms with Crippen LogP contribution in [0.3, 0.4) is 0 Å². The molecule has 2 aromatic rings. The largest absolute Gasteiger partial charge is 0.503 e. The first-order chi connectivity index (χ1) is 9.60. The Labute approximate surface area is 116 Å². The van der Waals surface area contributed by atoms with Crippen molar-refractivity contribution in [2.24, 2.45) is 0 Å². The van der Waals surface area contributed by atoms with Gasteiger partial charge in [-0.25, -0.2) is 0 Å². The first-order valence-corrected chi connectivity index (χ1v) is 6.11. The maximum absolute atomic E-state index is 12.1. The van der Waals surface area contributed by atoms with E-state index in [1.807, 2.05) is 6.07 Å². The van der Waals surface area contributed by atoms with E-state index in [1.165, 1.54) is 12.3 Å². The highest BCUT2D eigenvalue weighted by molar-refractivity contribution is 5.92. The molecular formula is C15H14N3O2+. The van der Waals surface area contributed by atoms with E-state index in [0.29, 0.717) is 11.3 Å². The van der Waals surface area contributed by atoms with Crippen molar-refractivity contribution in [3.63, 3.8) is 0 Å². The van der Waals surface area contributed by atoms with Crippen molar-refractivity contribution < 1.29 is 14.5 Å². The van der Waals surface area contributed by atoms with Crippen molar-refractivity contribution in [3.8, 4) is 11.8 Å². The predicted molar refractivity (Wildman–Crippen MR) is 72.8 cm³/mol. The minimum Gasteiger partial charge on any atom is -0.503 e. The topological polar surface area (TPSA) is 77.0 Å². The highest BCUT2D eigenvalue weighted by Crippen LogP contribution is 2.12. The molecule has 0 spiro atoms. The number of pyridine rings is 1. The number of rotatable bonds is 3. The predicted octanol–water partition coefficient (Wildman–Crippen LogP) is 1.75. The lowest BCUT2D eigenvalue weighted by molar-refractivity contribution is -0.705. The van der Waals surface area contributed by atoms with Crippen LogP contribution in [0.25, 0.3) is 0 Å². The second-order valence-corrected chi connectivity index (χ2v) is 4.37. The monoisotopic (exact) mass is 268 g/mol. The number of amides is 1. The summed E-state index contributed by atoms with van der Waals surface area (Å²) >= 11 is 0. The van der Waals surface area contributed by atoms with Gasteiger partial charge in [-0.3, -0.25) is 4.79 Å². The Morgan fingerprint density at radius 2 is 2.20 bits per heavy atom. The molecule has 0 unspecified atom stereocenters. The summed E-state index contributed by atoms with van der Waals surface area (Å²) in [6.45, 7) is 1.73. The van der Waals surface area contributed by atoms with Crippen LogP contribution < -0.4 is 9.88 Å². The van der Waals surface area contributed by atoms with Crippen LogP contribution >= 0.6 is 0 Å². The second-order valence-electron chi connectivity index (χ2n) is 4.37. The third kappa shape index (κ3) is 3.12. The lowest BCUT2D eigenvalue weighted by Crippen LogP contribution is -2.43. The summed E-state index contributed by atoms with van der Waals surface area (Å²) in [6, 6.07) is 11.4. The standard InChI is InChI=1S/C15H13N3O2/c1-11(18-7-3-6-14(19)10-18)15(20)17-13-5-2-4-12(8-13)9-16/h2-8,10-11H,1H3,(H-,17,19,20)/p+1/t11-/m1/s1. The number of nitriles is 1. The third-order valence-corrected chi connectivity index (χ3v) is 2.89. The number of aromatic hydroxyl groups is 1. The van der Waals surface area contributed by atoms with Crippen LogP contribution in [-0.2, 0) is 4.79 Å². The van der Waals surface area contributed by atoms with Crippen LogP contribution in [0.5, 0.6) is 5.75 Å². The molecule has 20 heavy (non-hydrogen) atoms. The van der Waals surface area contributed by atoms with Gasteiger partial charge >= 0.3 is 0 Å². The summed E-state index contributed by atoms with van der Waals surface area (Å²) in [4.78, 5) is 12.1. The number of aromatic nitrogens is 1. The molecule has 0 radical (unpaired) electrons. The molecule has 1 aromatic heterocycles. The van der Waals surface area contributed by atoms with Crippen LogP contribution in [0.1, 0.15) is 18.5 Å². The van der Waals surface area contributed by atoms with Crippen LogP contribution in [-0.4, -0.2) is 11.0 Å². The van der Waals surface area contributed by atoms with Crippen molar-refractivity contribution in [3.05, 3.63) is 54.4 Å². The number of anilines is 1. The zero-order valence-corrected chi connectivity index (χ0v) is 10.9. The van der Waals surface area contributed by atoms with Gasteiger partial charge in [-0.05, 0) is 24.3 Å². The van der Waals surface area contributed by atoms with Gasteiger partial charge in [0, 0.05) is 18.7 Å². The molecule has 0 bridgehead atoms. The second kappa shape index (κ2) is 5.85. The third-order valence-electron chi connectivity index (χ3n) is 2.89. The minimum absolute atomic E-state index is 0.0960. The molecule has 100 valence electrons. The van der Waals surface area contributed by atoms with Crippen molar-refractivity contribution in [1.29, 1.82) is 5.26 Å². The summed E-state index contributed by atoms with van der Waals surface area (Å²) in [6.07, 6.45) is 3.19. The zero-order chi connectivity index (χ0) is 14.5. The van der Waals surface area contributed by atoms with Gasteiger partial charge in [0.25, 0.3) is 5.91 Å². The van der Waals surface area contributed by atoms with Gasteiger partial charge in [-0.1, -0.05) is 6.07 Å². The first kappa shape index (κ1) is 13.6. The number of nitrogens with zero attached hydrogens (tertiary/aromatic N) is 2. The molecule has 0 aliphatic carbocycles. The number of hydrogen-bond donors (Lipinski definition) is 2. The quantitative estimate of drug-likeness (QED) is 0.832. The Morgan fingerprint density at radius 1 is 1.40 bits per heavy atom. The highest BCUT2D eigenvalue weighted by atomic mass is 16.3. The summed E-state index contributed by atoms with van der Waals surface area (Å²) < 4.78 is 1.61. The van der Waals surface area contributed by atoms with Crippen molar-refractivity contribution in [1.82, 2.24) is 0 Å².